The van der Waals surface area contributed by atoms with Gasteiger partial charge >= 0.3 is 0 Å². The van der Waals surface area contributed by atoms with E-state index in [0.717, 1.165) is 0 Å². The molecule has 0 aliphatic carbocycles. The molecule has 0 atom stereocenters. The molecule has 5 nitrogen and oxygen atoms in total. The number of halogens is 1. The molecule has 0 bridgehead atoms. The fraction of sp³-hybridized carbons (Fsp3) is 0.250. The average molecular weight is 251 g/mol. The third-order valence-corrected chi connectivity index (χ3v) is 3.60. The molecule has 1 rings (SSSR count). The zero-order valence-corrected chi connectivity index (χ0v) is 9.38. The van der Waals surface area contributed by atoms with Gasteiger partial charge in [0.2, 0.25) is 10.0 Å². The molecule has 0 aliphatic rings. The van der Waals surface area contributed by atoms with E-state index < -0.39 is 10.0 Å². The largest absolute Gasteiger partial charge is 0.303 e. The minimum Gasteiger partial charge on any atom is -0.303 e. The molecule has 3 N–H and O–H groups in total. The lowest BCUT2D eigenvalue weighted by Crippen LogP contribution is -2.28. The molecule has 0 saturated heterocycles. The third kappa shape index (κ3) is 3.44. The van der Waals surface area contributed by atoms with Crippen LogP contribution in [0.1, 0.15) is 0 Å². The predicted molar refractivity (Wildman–Crippen MR) is 56.8 cm³/mol. The van der Waals surface area contributed by atoms with Gasteiger partial charge in [-0.25, -0.2) is 19.0 Å². The van der Waals surface area contributed by atoms with Crippen LogP contribution in [-0.4, -0.2) is 21.6 Å². The van der Waals surface area contributed by atoms with Crippen molar-refractivity contribution >= 4 is 21.6 Å². The van der Waals surface area contributed by atoms with E-state index >= 15 is 0 Å². The number of nitrogens with one attached hydrogen (secondary N) is 1. The van der Waals surface area contributed by atoms with Gasteiger partial charge in [0.15, 0.2) is 0 Å². The highest BCUT2D eigenvalue weighted by Crippen LogP contribution is 2.19. The quantitative estimate of drug-likeness (QED) is 0.589. The Morgan fingerprint density at radius 3 is 2.67 bits per heavy atom. The summed E-state index contributed by atoms with van der Waals surface area (Å²) in [6.45, 7) is 0.202. The van der Waals surface area contributed by atoms with Crippen molar-refractivity contribution in [1.82, 2.24) is 4.72 Å². The van der Waals surface area contributed by atoms with Gasteiger partial charge in [-0.1, -0.05) is 23.7 Å². The highest BCUT2D eigenvalue weighted by atomic mass is 35.5. The van der Waals surface area contributed by atoms with Crippen LogP contribution in [0.5, 0.6) is 0 Å². The summed E-state index contributed by atoms with van der Waals surface area (Å²) in [5.41, 5.74) is 0. The van der Waals surface area contributed by atoms with E-state index in [1.165, 1.54) is 12.1 Å². The van der Waals surface area contributed by atoms with Gasteiger partial charge in [-0.2, -0.15) is 0 Å². The van der Waals surface area contributed by atoms with Crippen molar-refractivity contribution in [3.63, 3.8) is 0 Å². The molecule has 0 amide bonds. The Hall–Kier alpha value is -0.660. The van der Waals surface area contributed by atoms with Crippen molar-refractivity contribution in [2.75, 3.05) is 13.2 Å². The Labute approximate surface area is 93.2 Å². The number of nitrogens with two attached hydrogens (primary N) is 1. The summed E-state index contributed by atoms with van der Waals surface area (Å²) >= 11 is 5.75. The lowest BCUT2D eigenvalue weighted by atomic mass is 10.4. The molecule has 0 spiro atoms. The van der Waals surface area contributed by atoms with E-state index in [1.807, 2.05) is 0 Å². The molecule has 7 heteroatoms. The van der Waals surface area contributed by atoms with Gasteiger partial charge in [-0.15, -0.1) is 0 Å². The topological polar surface area (TPSA) is 81.4 Å². The van der Waals surface area contributed by atoms with Crippen LogP contribution in [0.2, 0.25) is 5.02 Å². The third-order valence-electron chi connectivity index (χ3n) is 1.64. The lowest BCUT2D eigenvalue weighted by Gasteiger charge is -2.06. The summed E-state index contributed by atoms with van der Waals surface area (Å²) in [6.07, 6.45) is 0. The Morgan fingerprint density at radius 2 is 2.07 bits per heavy atom. The average Bonchev–Trinajstić information content (AvgIpc) is 2.18. The van der Waals surface area contributed by atoms with Gasteiger partial charge < -0.3 is 4.84 Å². The molecule has 0 fully saturated rings. The minimum absolute atomic E-state index is 0.0451. The van der Waals surface area contributed by atoms with E-state index in [1.54, 1.807) is 12.1 Å². The molecule has 0 radical (unpaired) electrons. The molecule has 0 saturated carbocycles. The second-order valence-corrected chi connectivity index (χ2v) is 4.84. The fourth-order valence-corrected chi connectivity index (χ4v) is 2.51. The Balaban J connectivity index is 2.83. The summed E-state index contributed by atoms with van der Waals surface area (Å²) in [5.74, 6) is 4.77. The van der Waals surface area contributed by atoms with Crippen LogP contribution in [0.4, 0.5) is 0 Å². The molecule has 1 aromatic rings. The van der Waals surface area contributed by atoms with E-state index in [2.05, 4.69) is 9.56 Å². The van der Waals surface area contributed by atoms with Gasteiger partial charge in [0, 0.05) is 6.54 Å². The molecule has 1 aromatic carbocycles. The number of hydrogen-bond donors (Lipinski definition) is 2. The molecular formula is C8H11ClN2O3S. The zero-order valence-electron chi connectivity index (χ0n) is 7.81. The Bertz CT molecular complexity index is 422. The van der Waals surface area contributed by atoms with Crippen LogP contribution in [0.15, 0.2) is 29.2 Å². The van der Waals surface area contributed by atoms with Gasteiger partial charge in [0.1, 0.15) is 4.90 Å². The van der Waals surface area contributed by atoms with Crippen LogP contribution in [0, 0.1) is 0 Å². The van der Waals surface area contributed by atoms with Crippen molar-refractivity contribution in [3.8, 4) is 0 Å². The van der Waals surface area contributed by atoms with Crippen LogP contribution in [0.3, 0.4) is 0 Å². The lowest BCUT2D eigenvalue weighted by molar-refractivity contribution is 0.143. The summed E-state index contributed by atoms with van der Waals surface area (Å²) in [6, 6.07) is 6.19. The van der Waals surface area contributed by atoms with Crippen LogP contribution in [0.25, 0.3) is 0 Å². The van der Waals surface area contributed by atoms with Crippen molar-refractivity contribution in [2.45, 2.75) is 4.90 Å². The fourth-order valence-electron chi connectivity index (χ4n) is 0.975. The molecule has 0 aliphatic heterocycles. The standard InChI is InChI=1S/C8H11ClN2O3S/c9-7-3-1-2-4-8(7)15(12,13)11-5-6-14-10/h1-4,11H,5-6,10H2. The predicted octanol–water partition coefficient (Wildman–Crippen LogP) is 0.509. The maximum absolute atomic E-state index is 11.6. The minimum atomic E-state index is -3.58. The Kier molecular flexibility index (Phi) is 4.49. The normalized spacial score (nSPS) is 11.6. The second-order valence-electron chi connectivity index (χ2n) is 2.70. The summed E-state index contributed by atoms with van der Waals surface area (Å²) in [5, 5.41) is 0.179. The highest BCUT2D eigenvalue weighted by molar-refractivity contribution is 7.89. The summed E-state index contributed by atoms with van der Waals surface area (Å²) in [4.78, 5) is 4.29. The molecule has 0 aromatic heterocycles. The smallest absolute Gasteiger partial charge is 0.242 e. The first-order chi connectivity index (χ1) is 7.08. The first kappa shape index (κ1) is 12.4. The van der Waals surface area contributed by atoms with Crippen molar-refractivity contribution < 1.29 is 13.3 Å². The SMILES string of the molecule is NOCCNS(=O)(=O)c1ccccc1Cl. The van der Waals surface area contributed by atoms with E-state index in [-0.39, 0.29) is 23.1 Å². The van der Waals surface area contributed by atoms with Gasteiger partial charge in [0.25, 0.3) is 0 Å². The van der Waals surface area contributed by atoms with Crippen LogP contribution >= 0.6 is 11.6 Å². The van der Waals surface area contributed by atoms with E-state index in [4.69, 9.17) is 17.5 Å². The summed E-state index contributed by atoms with van der Waals surface area (Å²) in [7, 11) is -3.58. The highest BCUT2D eigenvalue weighted by Gasteiger charge is 2.16. The first-order valence-electron chi connectivity index (χ1n) is 4.14. The van der Waals surface area contributed by atoms with E-state index in [0.29, 0.717) is 0 Å². The second kappa shape index (κ2) is 5.43. The summed E-state index contributed by atoms with van der Waals surface area (Å²) < 4.78 is 25.6. The number of rotatable bonds is 5. The van der Waals surface area contributed by atoms with Crippen molar-refractivity contribution in [1.29, 1.82) is 0 Å². The van der Waals surface area contributed by atoms with Gasteiger partial charge in [0.05, 0.1) is 11.6 Å². The molecule has 0 unspecified atom stereocenters. The molecule has 84 valence electrons. The van der Waals surface area contributed by atoms with Gasteiger partial charge in [-0.3, -0.25) is 0 Å². The van der Waals surface area contributed by atoms with Crippen LogP contribution < -0.4 is 10.6 Å². The van der Waals surface area contributed by atoms with E-state index in [9.17, 15) is 8.42 Å². The molecule has 15 heavy (non-hydrogen) atoms. The number of benzene rings is 1. The zero-order chi connectivity index (χ0) is 11.3. The van der Waals surface area contributed by atoms with Crippen molar-refractivity contribution in [3.05, 3.63) is 29.3 Å². The maximum atomic E-state index is 11.6. The molecule has 0 heterocycles. The number of hydrogen-bond acceptors (Lipinski definition) is 4. The first-order valence-corrected chi connectivity index (χ1v) is 6.00. The van der Waals surface area contributed by atoms with Crippen molar-refractivity contribution in [2.24, 2.45) is 5.90 Å². The van der Waals surface area contributed by atoms with Gasteiger partial charge in [-0.05, 0) is 12.1 Å². The number of sulfonamides is 1. The molecular weight excluding hydrogens is 240 g/mol. The Morgan fingerprint density at radius 1 is 1.40 bits per heavy atom. The van der Waals surface area contributed by atoms with Crippen LogP contribution in [-0.2, 0) is 14.9 Å². The monoisotopic (exact) mass is 250 g/mol. The maximum Gasteiger partial charge on any atom is 0.242 e.